The maximum absolute atomic E-state index is 10.8. The largest absolute Gasteiger partial charge is 0.371 e. The van der Waals surface area contributed by atoms with E-state index in [2.05, 4.69) is 17.9 Å². The molecule has 0 radical (unpaired) electrons. The second-order valence-electron chi connectivity index (χ2n) is 4.80. The van der Waals surface area contributed by atoms with Gasteiger partial charge in [-0.1, -0.05) is 19.8 Å². The quantitative estimate of drug-likeness (QED) is 0.571. The Labute approximate surface area is 104 Å². The molecule has 0 bridgehead atoms. The Balaban J connectivity index is 2.11. The molecule has 1 heterocycles. The van der Waals surface area contributed by atoms with E-state index in [4.69, 9.17) is 0 Å². The number of hydrogen-bond acceptors (Lipinski definition) is 2. The van der Waals surface area contributed by atoms with Gasteiger partial charge in [0.15, 0.2) is 0 Å². The first-order chi connectivity index (χ1) is 8.35. The zero-order chi connectivity index (χ0) is 12.1. The fourth-order valence-corrected chi connectivity index (χ4v) is 2.55. The van der Waals surface area contributed by atoms with Crippen molar-refractivity contribution in [2.24, 2.45) is 0 Å². The van der Waals surface area contributed by atoms with Gasteiger partial charge in [-0.3, -0.25) is 4.79 Å². The van der Waals surface area contributed by atoms with Crippen LogP contribution in [0.2, 0.25) is 0 Å². The molecule has 1 aromatic carbocycles. The Kier molecular flexibility index (Phi) is 4.18. The Morgan fingerprint density at radius 1 is 1.35 bits per heavy atom. The van der Waals surface area contributed by atoms with Crippen LogP contribution in [-0.2, 0) is 6.42 Å². The lowest BCUT2D eigenvalue weighted by molar-refractivity contribution is 0.112. The molecule has 0 unspecified atom stereocenters. The molecule has 2 rings (SSSR count). The number of carbonyl (C=O) groups is 1. The van der Waals surface area contributed by atoms with Crippen molar-refractivity contribution in [3.05, 3.63) is 29.3 Å². The number of anilines is 1. The minimum absolute atomic E-state index is 0.805. The molecule has 2 heteroatoms. The first kappa shape index (κ1) is 12.2. The van der Waals surface area contributed by atoms with Crippen LogP contribution in [0.1, 0.15) is 48.5 Å². The average molecular weight is 231 g/mol. The summed E-state index contributed by atoms with van der Waals surface area (Å²) in [6, 6.07) is 6.10. The number of aryl methyl sites for hydroxylation is 1. The van der Waals surface area contributed by atoms with Gasteiger partial charge < -0.3 is 4.90 Å². The number of hydrogen-bond donors (Lipinski definition) is 0. The minimum atomic E-state index is 0.805. The van der Waals surface area contributed by atoms with E-state index in [-0.39, 0.29) is 0 Å². The van der Waals surface area contributed by atoms with Crippen LogP contribution in [0.4, 0.5) is 5.69 Å². The van der Waals surface area contributed by atoms with E-state index in [0.29, 0.717) is 0 Å². The van der Waals surface area contributed by atoms with Crippen LogP contribution in [0.15, 0.2) is 18.2 Å². The van der Waals surface area contributed by atoms with Gasteiger partial charge in [0.25, 0.3) is 0 Å². The third-order valence-electron chi connectivity index (χ3n) is 3.49. The number of benzene rings is 1. The molecule has 0 saturated carbocycles. The average Bonchev–Trinajstić information content (AvgIpc) is 2.38. The molecule has 92 valence electrons. The van der Waals surface area contributed by atoms with E-state index in [1.54, 1.807) is 0 Å². The first-order valence-corrected chi connectivity index (χ1v) is 6.68. The van der Waals surface area contributed by atoms with Crippen LogP contribution in [0.3, 0.4) is 0 Å². The van der Waals surface area contributed by atoms with Crippen LogP contribution < -0.4 is 4.90 Å². The lowest BCUT2D eigenvalue weighted by atomic mass is 9.99. The smallest absolute Gasteiger partial charge is 0.150 e. The predicted octanol–water partition coefficient (Wildman–Crippen LogP) is 3.44. The van der Waals surface area contributed by atoms with Crippen molar-refractivity contribution in [3.8, 4) is 0 Å². The molecule has 0 aromatic heterocycles. The molecular weight excluding hydrogens is 210 g/mol. The maximum Gasteiger partial charge on any atom is 0.150 e. The van der Waals surface area contributed by atoms with Gasteiger partial charge in [-0.15, -0.1) is 0 Å². The zero-order valence-electron chi connectivity index (χ0n) is 10.6. The van der Waals surface area contributed by atoms with Crippen molar-refractivity contribution in [1.82, 2.24) is 0 Å². The van der Waals surface area contributed by atoms with Crippen LogP contribution >= 0.6 is 0 Å². The molecule has 0 saturated heterocycles. The summed E-state index contributed by atoms with van der Waals surface area (Å²) in [5, 5.41) is 0. The van der Waals surface area contributed by atoms with Crippen molar-refractivity contribution in [2.45, 2.75) is 39.0 Å². The summed E-state index contributed by atoms with van der Waals surface area (Å²) in [4.78, 5) is 13.2. The van der Waals surface area contributed by atoms with E-state index in [0.717, 1.165) is 31.4 Å². The normalized spacial score (nSPS) is 14.5. The highest BCUT2D eigenvalue weighted by Gasteiger charge is 2.16. The zero-order valence-corrected chi connectivity index (χ0v) is 10.6. The number of fused-ring (bicyclic) bond motifs is 1. The molecule has 2 nitrogen and oxygen atoms in total. The van der Waals surface area contributed by atoms with E-state index in [1.165, 1.54) is 36.9 Å². The standard InChI is InChI=1S/C15H21NO/c1-2-3-4-9-16-10-5-6-14-11-13(12-17)7-8-15(14)16/h7-8,11-12H,2-6,9-10H2,1H3. The van der Waals surface area contributed by atoms with Gasteiger partial charge >= 0.3 is 0 Å². The second kappa shape index (κ2) is 5.85. The third-order valence-corrected chi connectivity index (χ3v) is 3.49. The molecule has 1 aliphatic rings. The predicted molar refractivity (Wildman–Crippen MR) is 71.9 cm³/mol. The van der Waals surface area contributed by atoms with Gasteiger partial charge in [0, 0.05) is 24.3 Å². The Hall–Kier alpha value is -1.31. The molecule has 0 amide bonds. The Morgan fingerprint density at radius 2 is 2.24 bits per heavy atom. The number of aldehydes is 1. The molecule has 0 spiro atoms. The fourth-order valence-electron chi connectivity index (χ4n) is 2.55. The summed E-state index contributed by atoms with van der Waals surface area (Å²) in [6.07, 6.45) is 7.10. The summed E-state index contributed by atoms with van der Waals surface area (Å²) in [6.45, 7) is 4.55. The highest BCUT2D eigenvalue weighted by molar-refractivity contribution is 5.77. The van der Waals surface area contributed by atoms with Gasteiger partial charge in [-0.2, -0.15) is 0 Å². The second-order valence-corrected chi connectivity index (χ2v) is 4.80. The summed E-state index contributed by atoms with van der Waals surface area (Å²) in [5.74, 6) is 0. The number of nitrogens with zero attached hydrogens (tertiary/aromatic N) is 1. The van der Waals surface area contributed by atoms with Gasteiger partial charge in [0.2, 0.25) is 0 Å². The maximum atomic E-state index is 10.8. The van der Waals surface area contributed by atoms with Gasteiger partial charge in [0.1, 0.15) is 6.29 Å². The summed E-state index contributed by atoms with van der Waals surface area (Å²) < 4.78 is 0. The van der Waals surface area contributed by atoms with E-state index < -0.39 is 0 Å². The van der Waals surface area contributed by atoms with Crippen LogP contribution in [-0.4, -0.2) is 19.4 Å². The van der Waals surface area contributed by atoms with Crippen molar-refractivity contribution in [1.29, 1.82) is 0 Å². The molecule has 0 fully saturated rings. The molecular formula is C15H21NO. The fraction of sp³-hybridized carbons (Fsp3) is 0.533. The van der Waals surface area contributed by atoms with Crippen molar-refractivity contribution in [2.75, 3.05) is 18.0 Å². The lowest BCUT2D eigenvalue weighted by Gasteiger charge is -2.31. The highest BCUT2D eigenvalue weighted by atomic mass is 16.1. The topological polar surface area (TPSA) is 20.3 Å². The summed E-state index contributed by atoms with van der Waals surface area (Å²) in [7, 11) is 0. The van der Waals surface area contributed by atoms with Gasteiger partial charge in [-0.05, 0) is 43.0 Å². The SMILES string of the molecule is CCCCCN1CCCc2cc(C=O)ccc21. The third kappa shape index (κ3) is 2.87. The molecule has 1 aliphatic heterocycles. The summed E-state index contributed by atoms with van der Waals surface area (Å²) >= 11 is 0. The first-order valence-electron chi connectivity index (χ1n) is 6.68. The Bertz CT molecular complexity index is 387. The number of unbranched alkanes of at least 4 members (excludes halogenated alkanes) is 2. The molecule has 0 aliphatic carbocycles. The molecule has 0 atom stereocenters. The van der Waals surface area contributed by atoms with Crippen LogP contribution in [0, 0.1) is 0 Å². The van der Waals surface area contributed by atoms with E-state index in [9.17, 15) is 4.79 Å². The number of rotatable bonds is 5. The summed E-state index contributed by atoms with van der Waals surface area (Å²) in [5.41, 5.74) is 3.49. The monoisotopic (exact) mass is 231 g/mol. The van der Waals surface area contributed by atoms with E-state index >= 15 is 0 Å². The highest BCUT2D eigenvalue weighted by Crippen LogP contribution is 2.27. The Morgan fingerprint density at radius 3 is 3.00 bits per heavy atom. The minimum Gasteiger partial charge on any atom is -0.371 e. The van der Waals surface area contributed by atoms with Crippen LogP contribution in [0.5, 0.6) is 0 Å². The molecule has 17 heavy (non-hydrogen) atoms. The number of carbonyl (C=O) groups excluding carboxylic acids is 1. The van der Waals surface area contributed by atoms with E-state index in [1.807, 2.05) is 12.1 Å². The van der Waals surface area contributed by atoms with Crippen LogP contribution in [0.25, 0.3) is 0 Å². The van der Waals surface area contributed by atoms with Gasteiger partial charge in [-0.25, -0.2) is 0 Å². The van der Waals surface area contributed by atoms with Crippen molar-refractivity contribution >= 4 is 12.0 Å². The molecule has 1 aromatic rings. The van der Waals surface area contributed by atoms with Gasteiger partial charge in [0.05, 0.1) is 0 Å². The lowest BCUT2D eigenvalue weighted by Crippen LogP contribution is -2.30. The van der Waals surface area contributed by atoms with Crippen molar-refractivity contribution < 1.29 is 4.79 Å². The van der Waals surface area contributed by atoms with Crippen molar-refractivity contribution in [3.63, 3.8) is 0 Å². The molecule has 0 N–H and O–H groups in total.